The second kappa shape index (κ2) is 7.30. The molecule has 7 nitrogen and oxygen atoms in total. The maximum absolute atomic E-state index is 12.7. The van der Waals surface area contributed by atoms with Gasteiger partial charge in [-0.2, -0.15) is 5.26 Å². The average molecular weight is 362 g/mol. The molecule has 2 aromatic rings. The normalized spacial score (nSPS) is 16.4. The fourth-order valence-corrected chi connectivity index (χ4v) is 2.92. The van der Waals surface area contributed by atoms with Gasteiger partial charge in [0.25, 0.3) is 5.91 Å². The van der Waals surface area contributed by atoms with E-state index >= 15 is 0 Å². The summed E-state index contributed by atoms with van der Waals surface area (Å²) in [5.41, 5.74) is 2.48. The van der Waals surface area contributed by atoms with Crippen LogP contribution in [-0.4, -0.2) is 35.3 Å². The van der Waals surface area contributed by atoms with E-state index in [1.165, 1.54) is 11.0 Å². The number of benzene rings is 2. The molecule has 2 aromatic carbocycles. The molecule has 1 fully saturated rings. The van der Waals surface area contributed by atoms with Gasteiger partial charge < -0.3 is 5.32 Å². The molecule has 4 amide bonds. The summed E-state index contributed by atoms with van der Waals surface area (Å²) in [6.45, 7) is 3.18. The maximum Gasteiger partial charge on any atom is 0.332 e. The first-order chi connectivity index (χ1) is 12.9. The summed E-state index contributed by atoms with van der Waals surface area (Å²) in [4.78, 5) is 39.8. The van der Waals surface area contributed by atoms with Gasteiger partial charge in [-0.1, -0.05) is 23.8 Å². The second-order valence-electron chi connectivity index (χ2n) is 6.33. The van der Waals surface area contributed by atoms with Crippen molar-refractivity contribution >= 4 is 29.2 Å². The van der Waals surface area contributed by atoms with Gasteiger partial charge in [0.2, 0.25) is 5.91 Å². The van der Waals surface area contributed by atoms with Crippen LogP contribution in [-0.2, 0) is 9.59 Å². The van der Waals surface area contributed by atoms with Gasteiger partial charge >= 0.3 is 6.03 Å². The van der Waals surface area contributed by atoms with Crippen LogP contribution in [0.25, 0.3) is 0 Å². The molecule has 1 saturated heterocycles. The molecule has 1 heterocycles. The Morgan fingerprint density at radius 2 is 1.89 bits per heavy atom. The predicted octanol–water partition coefficient (Wildman–Crippen LogP) is 2.66. The van der Waals surface area contributed by atoms with Crippen LogP contribution in [0.3, 0.4) is 0 Å². The molecule has 7 heteroatoms. The molecule has 0 radical (unpaired) electrons. The molecule has 1 aliphatic rings. The van der Waals surface area contributed by atoms with Crippen molar-refractivity contribution in [3.05, 3.63) is 59.7 Å². The predicted molar refractivity (Wildman–Crippen MR) is 100 cm³/mol. The number of anilines is 2. The smallest absolute Gasteiger partial charge is 0.324 e. The van der Waals surface area contributed by atoms with Crippen LogP contribution in [0.2, 0.25) is 0 Å². The van der Waals surface area contributed by atoms with Gasteiger partial charge in [0.1, 0.15) is 12.6 Å². The van der Waals surface area contributed by atoms with E-state index in [1.54, 1.807) is 37.3 Å². The topological polar surface area (TPSA) is 93.5 Å². The van der Waals surface area contributed by atoms with Gasteiger partial charge in [0, 0.05) is 11.4 Å². The van der Waals surface area contributed by atoms with Crippen LogP contribution in [0.5, 0.6) is 0 Å². The number of aryl methyl sites for hydroxylation is 1. The number of nitrogens with one attached hydrogen (secondary N) is 1. The number of carbonyl (C=O) groups is 3. The number of amides is 4. The van der Waals surface area contributed by atoms with Crippen molar-refractivity contribution in [1.29, 1.82) is 5.26 Å². The third-order valence-electron chi connectivity index (χ3n) is 4.34. The van der Waals surface area contributed by atoms with Crippen molar-refractivity contribution in [2.75, 3.05) is 16.8 Å². The lowest BCUT2D eigenvalue weighted by molar-refractivity contribution is -0.130. The van der Waals surface area contributed by atoms with Gasteiger partial charge in [0.15, 0.2) is 0 Å². The van der Waals surface area contributed by atoms with Crippen molar-refractivity contribution in [1.82, 2.24) is 4.90 Å². The standard InChI is InChI=1S/C20H18N4O3/c1-13-6-8-17(9-7-13)24-14(2)19(26)23(20(24)27)12-18(25)22-16-5-3-4-15(10-16)11-21/h3-10,14H,12H2,1-2H3,(H,22,25)/t14-/m1/s1. The Kier molecular flexibility index (Phi) is 4.90. The minimum absolute atomic E-state index is 0.388. The van der Waals surface area contributed by atoms with Crippen LogP contribution in [0, 0.1) is 18.3 Å². The van der Waals surface area contributed by atoms with E-state index in [-0.39, 0.29) is 6.54 Å². The second-order valence-corrected chi connectivity index (χ2v) is 6.33. The number of rotatable bonds is 4. The summed E-state index contributed by atoms with van der Waals surface area (Å²) >= 11 is 0. The summed E-state index contributed by atoms with van der Waals surface area (Å²) in [5.74, 6) is -0.939. The molecular weight excluding hydrogens is 344 g/mol. The molecule has 0 unspecified atom stereocenters. The molecular formula is C20H18N4O3. The quantitative estimate of drug-likeness (QED) is 0.846. The lowest BCUT2D eigenvalue weighted by Gasteiger charge is -2.19. The molecule has 0 aliphatic carbocycles. The number of urea groups is 1. The Bertz CT molecular complexity index is 946. The van der Waals surface area contributed by atoms with Gasteiger partial charge in [-0.05, 0) is 44.2 Å². The van der Waals surface area contributed by atoms with Crippen LogP contribution in [0.1, 0.15) is 18.1 Å². The molecule has 27 heavy (non-hydrogen) atoms. The van der Waals surface area contributed by atoms with Crippen LogP contribution < -0.4 is 10.2 Å². The fourth-order valence-electron chi connectivity index (χ4n) is 2.92. The van der Waals surface area contributed by atoms with E-state index < -0.39 is 23.9 Å². The van der Waals surface area contributed by atoms with E-state index in [2.05, 4.69) is 5.32 Å². The van der Waals surface area contributed by atoms with Gasteiger partial charge in [0.05, 0.1) is 11.6 Å². The van der Waals surface area contributed by atoms with Gasteiger partial charge in [-0.3, -0.25) is 19.4 Å². The lowest BCUT2D eigenvalue weighted by atomic mass is 10.2. The molecule has 0 bridgehead atoms. The van der Waals surface area contributed by atoms with Crippen molar-refractivity contribution in [3.63, 3.8) is 0 Å². The highest BCUT2D eigenvalue weighted by Crippen LogP contribution is 2.26. The number of imide groups is 1. The lowest BCUT2D eigenvalue weighted by Crippen LogP contribution is -2.39. The molecule has 0 aromatic heterocycles. The first-order valence-electron chi connectivity index (χ1n) is 8.42. The Labute approximate surface area is 156 Å². The zero-order chi connectivity index (χ0) is 19.6. The van der Waals surface area contributed by atoms with Crippen LogP contribution in [0.15, 0.2) is 48.5 Å². The Morgan fingerprint density at radius 1 is 1.19 bits per heavy atom. The number of carbonyl (C=O) groups excluding carboxylic acids is 3. The minimum atomic E-state index is -0.685. The zero-order valence-electron chi connectivity index (χ0n) is 15.0. The van der Waals surface area contributed by atoms with Gasteiger partial charge in [-0.25, -0.2) is 4.79 Å². The first-order valence-corrected chi connectivity index (χ1v) is 8.42. The number of hydrogen-bond donors (Lipinski definition) is 1. The summed E-state index contributed by atoms with van der Waals surface area (Å²) in [6, 6.07) is 14.4. The van der Waals surface area contributed by atoms with Crippen LogP contribution in [0.4, 0.5) is 16.2 Å². The van der Waals surface area contributed by atoms with Crippen molar-refractivity contribution < 1.29 is 14.4 Å². The molecule has 1 N–H and O–H groups in total. The molecule has 0 saturated carbocycles. The monoisotopic (exact) mass is 362 g/mol. The van der Waals surface area contributed by atoms with E-state index in [0.29, 0.717) is 16.9 Å². The van der Waals surface area contributed by atoms with E-state index in [4.69, 9.17) is 5.26 Å². The van der Waals surface area contributed by atoms with E-state index in [1.807, 2.05) is 25.1 Å². The maximum atomic E-state index is 12.7. The largest absolute Gasteiger partial charge is 0.332 e. The molecule has 1 aliphatic heterocycles. The van der Waals surface area contributed by atoms with Gasteiger partial charge in [-0.15, -0.1) is 0 Å². The summed E-state index contributed by atoms with van der Waals surface area (Å²) in [6.07, 6.45) is 0. The summed E-state index contributed by atoms with van der Waals surface area (Å²) < 4.78 is 0. The molecule has 0 spiro atoms. The highest BCUT2D eigenvalue weighted by atomic mass is 16.2. The minimum Gasteiger partial charge on any atom is -0.324 e. The van der Waals surface area contributed by atoms with Crippen LogP contribution >= 0.6 is 0 Å². The third kappa shape index (κ3) is 3.65. The molecule has 3 rings (SSSR count). The average Bonchev–Trinajstić information content (AvgIpc) is 2.86. The molecule has 136 valence electrons. The van der Waals surface area contributed by atoms with Crippen molar-refractivity contribution in [2.45, 2.75) is 19.9 Å². The number of hydrogen-bond acceptors (Lipinski definition) is 4. The third-order valence-corrected chi connectivity index (χ3v) is 4.34. The number of nitriles is 1. The Hall–Kier alpha value is -3.66. The Balaban J connectivity index is 1.73. The molecule has 1 atom stereocenters. The highest BCUT2D eigenvalue weighted by Gasteiger charge is 2.44. The summed E-state index contributed by atoms with van der Waals surface area (Å²) in [5, 5.41) is 11.5. The summed E-state index contributed by atoms with van der Waals surface area (Å²) in [7, 11) is 0. The number of nitrogens with zero attached hydrogens (tertiary/aromatic N) is 3. The zero-order valence-corrected chi connectivity index (χ0v) is 15.0. The van der Waals surface area contributed by atoms with Crippen molar-refractivity contribution in [2.24, 2.45) is 0 Å². The van der Waals surface area contributed by atoms with E-state index in [0.717, 1.165) is 10.5 Å². The Morgan fingerprint density at radius 3 is 2.56 bits per heavy atom. The first kappa shape index (κ1) is 18.1. The fraction of sp³-hybridized carbons (Fsp3) is 0.200. The van der Waals surface area contributed by atoms with E-state index in [9.17, 15) is 14.4 Å². The SMILES string of the molecule is Cc1ccc(N2C(=O)N(CC(=O)Nc3cccc(C#N)c3)C(=O)[C@H]2C)cc1. The highest BCUT2D eigenvalue weighted by molar-refractivity contribution is 6.16. The van der Waals surface area contributed by atoms with Crippen molar-refractivity contribution in [3.8, 4) is 6.07 Å².